The van der Waals surface area contributed by atoms with E-state index in [1.165, 1.54) is 24.3 Å². The Bertz CT molecular complexity index is 1150. The first kappa shape index (κ1) is 23.1. The monoisotopic (exact) mass is 478 g/mol. The van der Waals surface area contributed by atoms with E-state index in [-0.39, 0.29) is 18.0 Å². The summed E-state index contributed by atoms with van der Waals surface area (Å²) in [5.41, 5.74) is 0.335. The lowest BCUT2D eigenvalue weighted by Crippen LogP contribution is -2.37. The molecule has 3 rings (SSSR count). The molecule has 1 N–H and O–H groups in total. The predicted octanol–water partition coefficient (Wildman–Crippen LogP) is 5.44. The standard InChI is InChI=1S/C22H20Cl2N2O4S/c1-2-26(31(28,29)19-11-8-16(23)9-12-19)15-22(27)25-20-14-17(24)10-13-21(20)30-18-6-4-3-5-7-18/h3-14H,2,15H2,1H3,(H,25,27). The minimum absolute atomic E-state index is 0.0578. The van der Waals surface area contributed by atoms with Crippen molar-refractivity contribution in [2.45, 2.75) is 11.8 Å². The number of amides is 1. The molecular formula is C22H20Cl2N2O4S. The highest BCUT2D eigenvalue weighted by molar-refractivity contribution is 7.89. The number of sulfonamides is 1. The van der Waals surface area contributed by atoms with Crippen LogP contribution in [-0.2, 0) is 14.8 Å². The van der Waals surface area contributed by atoms with Crippen LogP contribution in [0.1, 0.15) is 6.92 Å². The molecule has 0 heterocycles. The first-order valence-corrected chi connectivity index (χ1v) is 11.6. The van der Waals surface area contributed by atoms with Crippen LogP contribution in [0, 0.1) is 0 Å². The van der Waals surface area contributed by atoms with E-state index in [0.29, 0.717) is 27.2 Å². The van der Waals surface area contributed by atoms with E-state index in [0.717, 1.165) is 4.31 Å². The van der Waals surface area contributed by atoms with Gasteiger partial charge in [0.25, 0.3) is 0 Å². The molecule has 0 fully saturated rings. The molecule has 0 unspecified atom stereocenters. The summed E-state index contributed by atoms with van der Waals surface area (Å²) in [6, 6.07) is 19.7. The molecule has 0 aromatic heterocycles. The SMILES string of the molecule is CCN(CC(=O)Nc1cc(Cl)ccc1Oc1ccccc1)S(=O)(=O)c1ccc(Cl)cc1. The fourth-order valence-corrected chi connectivity index (χ4v) is 4.48. The van der Waals surface area contributed by atoms with Gasteiger partial charge < -0.3 is 10.1 Å². The zero-order chi connectivity index (χ0) is 22.4. The predicted molar refractivity (Wildman–Crippen MR) is 122 cm³/mol. The number of nitrogens with one attached hydrogen (secondary N) is 1. The third kappa shape index (κ3) is 5.98. The lowest BCUT2D eigenvalue weighted by molar-refractivity contribution is -0.116. The molecule has 0 atom stereocenters. The zero-order valence-electron chi connectivity index (χ0n) is 16.6. The maximum atomic E-state index is 12.9. The average molecular weight is 479 g/mol. The Morgan fingerprint density at radius 3 is 2.26 bits per heavy atom. The van der Waals surface area contributed by atoms with Crippen LogP contribution >= 0.6 is 23.2 Å². The Kier molecular flexibility index (Phi) is 7.56. The van der Waals surface area contributed by atoms with Gasteiger partial charge in [-0.05, 0) is 54.6 Å². The minimum atomic E-state index is -3.87. The Balaban J connectivity index is 1.77. The number of hydrogen-bond acceptors (Lipinski definition) is 4. The Morgan fingerprint density at radius 2 is 1.61 bits per heavy atom. The molecule has 9 heteroatoms. The molecular weight excluding hydrogens is 459 g/mol. The van der Waals surface area contributed by atoms with E-state index in [4.69, 9.17) is 27.9 Å². The molecule has 0 aliphatic rings. The number of hydrogen-bond donors (Lipinski definition) is 1. The number of carbonyl (C=O) groups excluding carboxylic acids is 1. The largest absolute Gasteiger partial charge is 0.455 e. The van der Waals surface area contributed by atoms with Gasteiger partial charge in [-0.2, -0.15) is 4.31 Å². The van der Waals surface area contributed by atoms with Crippen molar-refractivity contribution in [1.29, 1.82) is 0 Å². The number of benzene rings is 3. The number of likely N-dealkylation sites (N-methyl/N-ethyl adjacent to an activating group) is 1. The Hall–Kier alpha value is -2.58. The van der Waals surface area contributed by atoms with Crippen molar-refractivity contribution in [3.8, 4) is 11.5 Å². The number of rotatable bonds is 8. The van der Waals surface area contributed by atoms with Gasteiger partial charge in [-0.15, -0.1) is 0 Å². The van der Waals surface area contributed by atoms with Gasteiger partial charge in [0.15, 0.2) is 5.75 Å². The molecule has 31 heavy (non-hydrogen) atoms. The minimum Gasteiger partial charge on any atom is -0.455 e. The van der Waals surface area contributed by atoms with Crippen molar-refractivity contribution in [3.63, 3.8) is 0 Å². The van der Waals surface area contributed by atoms with Crippen LogP contribution in [0.3, 0.4) is 0 Å². The van der Waals surface area contributed by atoms with E-state index < -0.39 is 15.9 Å². The van der Waals surface area contributed by atoms with Crippen LogP contribution < -0.4 is 10.1 Å². The fourth-order valence-electron chi connectivity index (χ4n) is 2.78. The summed E-state index contributed by atoms with van der Waals surface area (Å²) in [6.45, 7) is 1.39. The maximum absolute atomic E-state index is 12.9. The van der Waals surface area contributed by atoms with Crippen molar-refractivity contribution in [2.24, 2.45) is 0 Å². The number of para-hydroxylation sites is 1. The van der Waals surface area contributed by atoms with Crippen LogP contribution in [0.5, 0.6) is 11.5 Å². The number of anilines is 1. The quantitative estimate of drug-likeness (QED) is 0.467. The van der Waals surface area contributed by atoms with Crippen LogP contribution in [0.2, 0.25) is 10.0 Å². The number of ether oxygens (including phenoxy) is 1. The van der Waals surface area contributed by atoms with E-state index >= 15 is 0 Å². The Labute approximate surface area is 191 Å². The first-order chi connectivity index (χ1) is 14.8. The molecule has 0 spiro atoms. The molecule has 0 saturated carbocycles. The van der Waals surface area contributed by atoms with E-state index in [1.54, 1.807) is 37.3 Å². The zero-order valence-corrected chi connectivity index (χ0v) is 18.9. The average Bonchev–Trinajstić information content (AvgIpc) is 2.75. The second-order valence-corrected chi connectivity index (χ2v) is 9.30. The van der Waals surface area contributed by atoms with Crippen molar-refractivity contribution < 1.29 is 17.9 Å². The smallest absolute Gasteiger partial charge is 0.243 e. The van der Waals surface area contributed by atoms with E-state index in [1.807, 2.05) is 18.2 Å². The molecule has 0 saturated heterocycles. The number of halogens is 2. The molecule has 0 bridgehead atoms. The van der Waals surface area contributed by atoms with Gasteiger partial charge in [-0.3, -0.25) is 4.79 Å². The normalized spacial score (nSPS) is 11.4. The lowest BCUT2D eigenvalue weighted by atomic mass is 10.2. The van der Waals surface area contributed by atoms with Gasteiger partial charge in [0, 0.05) is 16.6 Å². The second-order valence-electron chi connectivity index (χ2n) is 6.49. The topological polar surface area (TPSA) is 75.7 Å². The Morgan fingerprint density at radius 1 is 0.968 bits per heavy atom. The van der Waals surface area contributed by atoms with E-state index in [9.17, 15) is 13.2 Å². The van der Waals surface area contributed by atoms with Crippen LogP contribution in [0.25, 0.3) is 0 Å². The summed E-state index contributed by atoms with van der Waals surface area (Å²) < 4.78 is 32.7. The van der Waals surface area contributed by atoms with Gasteiger partial charge in [-0.1, -0.05) is 48.3 Å². The van der Waals surface area contributed by atoms with Crippen LogP contribution in [0.4, 0.5) is 5.69 Å². The maximum Gasteiger partial charge on any atom is 0.243 e. The molecule has 3 aromatic carbocycles. The summed E-state index contributed by atoms with van der Waals surface area (Å²) in [7, 11) is -3.87. The summed E-state index contributed by atoms with van der Waals surface area (Å²) in [4.78, 5) is 12.8. The number of carbonyl (C=O) groups is 1. The molecule has 1 amide bonds. The summed E-state index contributed by atoms with van der Waals surface area (Å²) in [6.07, 6.45) is 0. The third-order valence-corrected chi connectivity index (χ3v) is 6.73. The lowest BCUT2D eigenvalue weighted by Gasteiger charge is -2.20. The van der Waals surface area contributed by atoms with Gasteiger partial charge in [0.1, 0.15) is 5.75 Å². The van der Waals surface area contributed by atoms with Crippen molar-refractivity contribution in [1.82, 2.24) is 4.31 Å². The highest BCUT2D eigenvalue weighted by atomic mass is 35.5. The highest BCUT2D eigenvalue weighted by Crippen LogP contribution is 2.32. The van der Waals surface area contributed by atoms with Gasteiger partial charge in [0.2, 0.25) is 15.9 Å². The van der Waals surface area contributed by atoms with Crippen molar-refractivity contribution in [3.05, 3.63) is 82.8 Å². The van der Waals surface area contributed by atoms with Crippen molar-refractivity contribution in [2.75, 3.05) is 18.4 Å². The third-order valence-electron chi connectivity index (χ3n) is 4.31. The van der Waals surface area contributed by atoms with E-state index in [2.05, 4.69) is 5.32 Å². The summed E-state index contributed by atoms with van der Waals surface area (Å²) in [5, 5.41) is 3.52. The van der Waals surface area contributed by atoms with Crippen molar-refractivity contribution >= 4 is 44.8 Å². The van der Waals surface area contributed by atoms with Crippen LogP contribution in [-0.4, -0.2) is 31.7 Å². The second kappa shape index (κ2) is 10.2. The molecule has 0 aliphatic heterocycles. The highest BCUT2D eigenvalue weighted by Gasteiger charge is 2.25. The summed E-state index contributed by atoms with van der Waals surface area (Å²) >= 11 is 11.9. The molecule has 6 nitrogen and oxygen atoms in total. The first-order valence-electron chi connectivity index (χ1n) is 9.37. The van der Waals surface area contributed by atoms with Gasteiger partial charge >= 0.3 is 0 Å². The van der Waals surface area contributed by atoms with Crippen LogP contribution in [0.15, 0.2) is 77.7 Å². The van der Waals surface area contributed by atoms with Gasteiger partial charge in [-0.25, -0.2) is 8.42 Å². The van der Waals surface area contributed by atoms with Gasteiger partial charge in [0.05, 0.1) is 17.1 Å². The molecule has 3 aromatic rings. The molecule has 162 valence electrons. The number of nitrogens with zero attached hydrogens (tertiary/aromatic N) is 1. The summed E-state index contributed by atoms with van der Waals surface area (Å²) in [5.74, 6) is 0.438. The molecule has 0 aliphatic carbocycles. The fraction of sp³-hybridized carbons (Fsp3) is 0.136. The molecule has 0 radical (unpaired) electrons.